The summed E-state index contributed by atoms with van der Waals surface area (Å²) in [4.78, 5) is 6.38. The fourth-order valence-corrected chi connectivity index (χ4v) is 2.28. The number of nitrogens with one attached hydrogen (secondary N) is 2. The normalized spacial score (nSPS) is 13.0. The Morgan fingerprint density at radius 3 is 2.42 bits per heavy atom. The van der Waals surface area contributed by atoms with Gasteiger partial charge in [0.05, 0.1) is 6.10 Å². The third-order valence-electron chi connectivity index (χ3n) is 3.82. The third kappa shape index (κ3) is 7.70. The van der Waals surface area contributed by atoms with Crippen LogP contribution >= 0.6 is 24.0 Å². The molecule has 24 heavy (non-hydrogen) atoms. The fourth-order valence-electron chi connectivity index (χ4n) is 2.28. The van der Waals surface area contributed by atoms with Crippen molar-refractivity contribution in [2.75, 3.05) is 39.7 Å². The van der Waals surface area contributed by atoms with Crippen molar-refractivity contribution in [1.29, 1.82) is 0 Å². The minimum atomic E-state index is 0. The summed E-state index contributed by atoms with van der Waals surface area (Å²) in [5.41, 5.74) is 2.50. The number of nitrogens with zero attached hydrogens (tertiary/aromatic N) is 2. The Bertz CT molecular complexity index is 512. The number of rotatable bonds is 6. The van der Waals surface area contributed by atoms with E-state index in [0.29, 0.717) is 0 Å². The number of methoxy groups -OCH3 is 1. The summed E-state index contributed by atoms with van der Waals surface area (Å²) in [6.45, 7) is 7.97. The van der Waals surface area contributed by atoms with E-state index in [4.69, 9.17) is 4.74 Å². The third-order valence-corrected chi connectivity index (χ3v) is 3.82. The molecule has 5 nitrogen and oxygen atoms in total. The van der Waals surface area contributed by atoms with Crippen LogP contribution in [-0.4, -0.2) is 46.9 Å². The van der Waals surface area contributed by atoms with Crippen LogP contribution in [0.5, 0.6) is 0 Å². The van der Waals surface area contributed by atoms with Crippen molar-refractivity contribution in [3.05, 3.63) is 29.8 Å². The molecule has 138 valence electrons. The van der Waals surface area contributed by atoms with Crippen LogP contribution in [0.25, 0.3) is 0 Å². The molecule has 0 fully saturated rings. The standard InChI is InChI=1S/C18H32N4O.HI/c1-18(2,3)16(23-7)13-21-17(19-4)20-12-14-9-8-10-15(11-14)22(5)6;/h8-11,16H,12-13H2,1-7H3,(H2,19,20,21);1H. The minimum Gasteiger partial charge on any atom is -0.379 e. The van der Waals surface area contributed by atoms with E-state index in [1.165, 1.54) is 11.3 Å². The van der Waals surface area contributed by atoms with Gasteiger partial charge in [0.15, 0.2) is 5.96 Å². The summed E-state index contributed by atoms with van der Waals surface area (Å²) in [7, 11) is 7.62. The Morgan fingerprint density at radius 2 is 1.92 bits per heavy atom. The van der Waals surface area contributed by atoms with Crippen LogP contribution < -0.4 is 15.5 Å². The maximum atomic E-state index is 5.56. The smallest absolute Gasteiger partial charge is 0.191 e. The van der Waals surface area contributed by atoms with E-state index >= 15 is 0 Å². The highest BCUT2D eigenvalue weighted by atomic mass is 127. The van der Waals surface area contributed by atoms with Crippen molar-refractivity contribution in [3.8, 4) is 0 Å². The lowest BCUT2D eigenvalue weighted by Gasteiger charge is -2.30. The Morgan fingerprint density at radius 1 is 1.25 bits per heavy atom. The Kier molecular flexibility index (Phi) is 10.3. The number of aliphatic imine (C=N–C) groups is 1. The number of benzene rings is 1. The molecule has 0 amide bonds. The van der Waals surface area contributed by atoms with Crippen molar-refractivity contribution >= 4 is 35.6 Å². The molecule has 0 aromatic heterocycles. The Hall–Kier alpha value is -1.02. The largest absolute Gasteiger partial charge is 0.379 e. The molecule has 0 radical (unpaired) electrons. The van der Waals surface area contributed by atoms with Gasteiger partial charge in [0, 0.05) is 47.0 Å². The first-order valence-electron chi connectivity index (χ1n) is 8.01. The Balaban J connectivity index is 0.00000529. The average molecular weight is 448 g/mol. The second-order valence-corrected chi connectivity index (χ2v) is 6.96. The Labute approximate surface area is 164 Å². The topological polar surface area (TPSA) is 48.9 Å². The van der Waals surface area contributed by atoms with Crippen LogP contribution in [0.1, 0.15) is 26.3 Å². The second kappa shape index (κ2) is 10.8. The summed E-state index contributed by atoms with van der Waals surface area (Å²) in [5, 5.41) is 6.69. The van der Waals surface area contributed by atoms with E-state index < -0.39 is 0 Å². The van der Waals surface area contributed by atoms with Gasteiger partial charge in [-0.1, -0.05) is 32.9 Å². The number of halogens is 1. The van der Waals surface area contributed by atoms with Crippen LogP contribution in [0.15, 0.2) is 29.3 Å². The molecule has 1 aromatic carbocycles. The predicted octanol–water partition coefficient (Wildman–Crippen LogP) is 3.10. The highest BCUT2D eigenvalue weighted by molar-refractivity contribution is 14.0. The number of anilines is 1. The molecule has 0 heterocycles. The zero-order valence-electron chi connectivity index (χ0n) is 16.0. The van der Waals surface area contributed by atoms with Crippen molar-refractivity contribution in [2.24, 2.45) is 10.4 Å². The van der Waals surface area contributed by atoms with Gasteiger partial charge in [-0.05, 0) is 23.1 Å². The van der Waals surface area contributed by atoms with Crippen LogP contribution in [-0.2, 0) is 11.3 Å². The lowest BCUT2D eigenvalue weighted by atomic mass is 9.89. The molecule has 1 unspecified atom stereocenters. The maximum absolute atomic E-state index is 5.56. The number of ether oxygens (including phenoxy) is 1. The molecule has 0 aliphatic heterocycles. The number of guanidine groups is 1. The van der Waals surface area contributed by atoms with Crippen molar-refractivity contribution in [3.63, 3.8) is 0 Å². The fraction of sp³-hybridized carbons (Fsp3) is 0.611. The molecule has 1 atom stereocenters. The quantitative estimate of drug-likeness (QED) is 0.399. The predicted molar refractivity (Wildman–Crippen MR) is 115 cm³/mol. The maximum Gasteiger partial charge on any atom is 0.191 e. The van der Waals surface area contributed by atoms with Gasteiger partial charge >= 0.3 is 0 Å². The first-order valence-corrected chi connectivity index (χ1v) is 8.01. The SMILES string of the molecule is CN=C(NCc1cccc(N(C)C)c1)NCC(OC)C(C)(C)C.I. The minimum absolute atomic E-state index is 0. The van der Waals surface area contributed by atoms with E-state index in [1.54, 1.807) is 14.2 Å². The molecule has 0 aliphatic rings. The number of hydrogen-bond donors (Lipinski definition) is 2. The summed E-state index contributed by atoms with van der Waals surface area (Å²) < 4.78 is 5.56. The summed E-state index contributed by atoms with van der Waals surface area (Å²) in [6, 6.07) is 8.46. The van der Waals surface area contributed by atoms with Gasteiger partial charge in [-0.15, -0.1) is 24.0 Å². The van der Waals surface area contributed by atoms with Gasteiger partial charge in [0.2, 0.25) is 0 Å². The lowest BCUT2D eigenvalue weighted by molar-refractivity contribution is 0.0205. The highest BCUT2D eigenvalue weighted by Crippen LogP contribution is 2.20. The molecule has 2 N–H and O–H groups in total. The average Bonchev–Trinajstić information content (AvgIpc) is 2.49. The zero-order chi connectivity index (χ0) is 17.5. The number of hydrogen-bond acceptors (Lipinski definition) is 3. The molecule has 0 saturated carbocycles. The van der Waals surface area contributed by atoms with Crippen LogP contribution in [0, 0.1) is 5.41 Å². The highest BCUT2D eigenvalue weighted by Gasteiger charge is 2.24. The molecule has 0 spiro atoms. The van der Waals surface area contributed by atoms with Crippen LogP contribution in [0.4, 0.5) is 5.69 Å². The first kappa shape index (κ1) is 23.0. The van der Waals surface area contributed by atoms with E-state index in [1.807, 2.05) is 14.1 Å². The summed E-state index contributed by atoms with van der Waals surface area (Å²) in [6.07, 6.45) is 0.123. The van der Waals surface area contributed by atoms with E-state index in [-0.39, 0.29) is 35.5 Å². The molecule has 0 saturated heterocycles. The van der Waals surface area contributed by atoms with Gasteiger partial charge < -0.3 is 20.3 Å². The van der Waals surface area contributed by atoms with Gasteiger partial charge in [0.25, 0.3) is 0 Å². The van der Waals surface area contributed by atoms with E-state index in [9.17, 15) is 0 Å². The van der Waals surface area contributed by atoms with Crippen LogP contribution in [0.2, 0.25) is 0 Å². The molecular weight excluding hydrogens is 415 g/mol. The van der Waals surface area contributed by atoms with E-state index in [2.05, 4.69) is 65.6 Å². The van der Waals surface area contributed by atoms with Crippen molar-refractivity contribution in [1.82, 2.24) is 10.6 Å². The molecule has 1 aromatic rings. The van der Waals surface area contributed by atoms with Gasteiger partial charge in [-0.3, -0.25) is 4.99 Å². The van der Waals surface area contributed by atoms with E-state index in [0.717, 1.165) is 19.0 Å². The molecular formula is C18H33IN4O. The van der Waals surface area contributed by atoms with Crippen LogP contribution in [0.3, 0.4) is 0 Å². The molecule has 0 aliphatic carbocycles. The zero-order valence-corrected chi connectivity index (χ0v) is 18.3. The van der Waals surface area contributed by atoms with Gasteiger partial charge in [-0.2, -0.15) is 0 Å². The lowest BCUT2D eigenvalue weighted by Crippen LogP contribution is -2.45. The summed E-state index contributed by atoms with van der Waals surface area (Å²) >= 11 is 0. The van der Waals surface area contributed by atoms with Crippen molar-refractivity contribution < 1.29 is 4.74 Å². The summed E-state index contributed by atoms with van der Waals surface area (Å²) in [5.74, 6) is 0.784. The molecule has 0 bridgehead atoms. The molecule has 1 rings (SSSR count). The van der Waals surface area contributed by atoms with Gasteiger partial charge in [-0.25, -0.2) is 0 Å². The second-order valence-electron chi connectivity index (χ2n) is 6.96. The van der Waals surface area contributed by atoms with Crippen molar-refractivity contribution in [2.45, 2.75) is 33.4 Å². The van der Waals surface area contributed by atoms with Gasteiger partial charge in [0.1, 0.15) is 0 Å². The molecule has 6 heteroatoms. The first-order chi connectivity index (χ1) is 10.8. The monoisotopic (exact) mass is 448 g/mol.